The zero-order valence-corrected chi connectivity index (χ0v) is 21.9. The van der Waals surface area contributed by atoms with Gasteiger partial charge in [-0.15, -0.1) is 0 Å². The fraction of sp³-hybridized carbons (Fsp3) is 0.345. The summed E-state index contributed by atoms with van der Waals surface area (Å²) in [7, 11) is 0. The van der Waals surface area contributed by atoms with Crippen molar-refractivity contribution in [2.75, 3.05) is 11.9 Å². The Labute approximate surface area is 225 Å². The van der Waals surface area contributed by atoms with E-state index in [0.29, 0.717) is 17.8 Å². The molecule has 5 rings (SSSR count). The third kappa shape index (κ3) is 4.88. The Balaban J connectivity index is 1.40. The SMILES string of the molecule is CC(C)(C)C[C@H](NC(=O)c1cnn(-c2ccc(F)cc2)c1)C(=O)N1C[C@]2(C[C@H]1C#N)C(=O)Nc1ccccc12. The molecule has 0 bridgehead atoms. The first-order valence-electron chi connectivity index (χ1n) is 12.7. The van der Waals surface area contributed by atoms with Crippen molar-refractivity contribution >= 4 is 23.4 Å². The highest BCUT2D eigenvalue weighted by Crippen LogP contribution is 2.46. The molecule has 200 valence electrons. The van der Waals surface area contributed by atoms with Crippen LogP contribution in [0.25, 0.3) is 5.69 Å². The number of fused-ring (bicyclic) bond motifs is 2. The molecule has 3 aromatic rings. The minimum atomic E-state index is -1.01. The molecular weight excluding hydrogens is 499 g/mol. The van der Waals surface area contributed by atoms with Gasteiger partial charge in [0, 0.05) is 24.8 Å². The van der Waals surface area contributed by atoms with E-state index in [-0.39, 0.29) is 35.7 Å². The maximum absolute atomic E-state index is 13.9. The van der Waals surface area contributed by atoms with Crippen molar-refractivity contribution < 1.29 is 18.8 Å². The summed E-state index contributed by atoms with van der Waals surface area (Å²) in [5.41, 5.74) is 0.917. The second kappa shape index (κ2) is 9.66. The van der Waals surface area contributed by atoms with Crippen LogP contribution in [0, 0.1) is 22.6 Å². The molecule has 2 aromatic carbocycles. The maximum Gasteiger partial charge on any atom is 0.255 e. The number of halogens is 1. The van der Waals surface area contributed by atoms with Crippen molar-refractivity contribution in [3.63, 3.8) is 0 Å². The van der Waals surface area contributed by atoms with Crippen LogP contribution in [0.5, 0.6) is 0 Å². The van der Waals surface area contributed by atoms with Crippen LogP contribution < -0.4 is 10.6 Å². The molecule has 2 aliphatic rings. The molecule has 1 aromatic heterocycles. The first-order valence-corrected chi connectivity index (χ1v) is 12.7. The quantitative estimate of drug-likeness (QED) is 0.525. The minimum absolute atomic E-state index is 0.0475. The monoisotopic (exact) mass is 528 g/mol. The number of carbonyl (C=O) groups is 3. The highest BCUT2D eigenvalue weighted by molar-refractivity contribution is 6.07. The van der Waals surface area contributed by atoms with Crippen molar-refractivity contribution in [2.45, 2.75) is 51.1 Å². The smallest absolute Gasteiger partial charge is 0.255 e. The van der Waals surface area contributed by atoms with Gasteiger partial charge in [0.1, 0.15) is 17.9 Å². The normalized spacial score (nSPS) is 20.8. The van der Waals surface area contributed by atoms with Crippen LogP contribution >= 0.6 is 0 Å². The third-order valence-electron chi connectivity index (χ3n) is 7.27. The Morgan fingerprint density at radius 2 is 1.95 bits per heavy atom. The Hall–Kier alpha value is -4.52. The number of likely N-dealkylation sites (tertiary alicyclic amines) is 1. The van der Waals surface area contributed by atoms with Crippen LogP contribution in [0.4, 0.5) is 10.1 Å². The number of nitrogens with zero attached hydrogens (tertiary/aromatic N) is 4. The highest BCUT2D eigenvalue weighted by Gasteiger charge is 2.56. The molecule has 0 aliphatic carbocycles. The number of hydrogen-bond donors (Lipinski definition) is 2. The molecule has 1 saturated heterocycles. The van der Waals surface area contributed by atoms with Crippen molar-refractivity contribution in [1.82, 2.24) is 20.0 Å². The second-order valence-electron chi connectivity index (χ2n) is 11.3. The number of amides is 3. The van der Waals surface area contributed by atoms with Crippen molar-refractivity contribution in [3.8, 4) is 11.8 Å². The van der Waals surface area contributed by atoms with Crippen LogP contribution in [0.2, 0.25) is 0 Å². The Morgan fingerprint density at radius 1 is 1.23 bits per heavy atom. The van der Waals surface area contributed by atoms with E-state index in [9.17, 15) is 24.0 Å². The number of hydrogen-bond acceptors (Lipinski definition) is 5. The molecule has 9 nitrogen and oxygen atoms in total. The summed E-state index contributed by atoms with van der Waals surface area (Å²) < 4.78 is 14.7. The Kier molecular flexibility index (Phi) is 6.46. The van der Waals surface area contributed by atoms with E-state index in [0.717, 1.165) is 5.56 Å². The fourth-order valence-electron chi connectivity index (χ4n) is 5.42. The Bertz CT molecular complexity index is 1490. The molecule has 39 heavy (non-hydrogen) atoms. The standard InChI is InChI=1S/C29H29FN6O3/c1-28(2,3)13-24(33-25(37)18-15-32-36(16-18)20-10-8-19(30)9-11-20)26(38)35-17-29(12-21(35)14-31)22-6-4-5-7-23(22)34-27(29)39/h4-11,15-16,21,24H,12-13,17H2,1-3H3,(H,33,37)(H,34,39)/t21-,24-,29-/m0/s1. The molecule has 0 radical (unpaired) electrons. The molecule has 1 spiro atoms. The molecule has 0 saturated carbocycles. The van der Waals surface area contributed by atoms with E-state index >= 15 is 0 Å². The number of para-hydroxylation sites is 1. The topological polar surface area (TPSA) is 120 Å². The van der Waals surface area contributed by atoms with Gasteiger partial charge in [0.25, 0.3) is 5.91 Å². The predicted molar refractivity (Wildman–Crippen MR) is 141 cm³/mol. The summed E-state index contributed by atoms with van der Waals surface area (Å²) in [6, 6.07) is 13.4. The summed E-state index contributed by atoms with van der Waals surface area (Å²) >= 11 is 0. The molecule has 3 heterocycles. The van der Waals surface area contributed by atoms with Crippen LogP contribution in [0.3, 0.4) is 0 Å². The minimum Gasteiger partial charge on any atom is -0.340 e. The van der Waals surface area contributed by atoms with E-state index in [4.69, 9.17) is 0 Å². The van der Waals surface area contributed by atoms with Crippen LogP contribution in [-0.4, -0.2) is 51.0 Å². The first-order chi connectivity index (χ1) is 18.5. The molecule has 10 heteroatoms. The van der Waals surface area contributed by atoms with Crippen LogP contribution in [0.15, 0.2) is 60.9 Å². The summed E-state index contributed by atoms with van der Waals surface area (Å²) in [6.45, 7) is 5.92. The molecular formula is C29H29FN6O3. The van der Waals surface area contributed by atoms with Gasteiger partial charge >= 0.3 is 0 Å². The summed E-state index contributed by atoms with van der Waals surface area (Å²) in [4.78, 5) is 41.8. The lowest BCUT2D eigenvalue weighted by Crippen LogP contribution is -2.52. The van der Waals surface area contributed by atoms with Gasteiger partial charge in [0.15, 0.2) is 0 Å². The fourth-order valence-corrected chi connectivity index (χ4v) is 5.42. The number of nitrogens with one attached hydrogen (secondary N) is 2. The van der Waals surface area contributed by atoms with E-state index in [1.54, 1.807) is 12.1 Å². The van der Waals surface area contributed by atoms with E-state index < -0.39 is 29.3 Å². The molecule has 2 N–H and O–H groups in total. The van der Waals surface area contributed by atoms with Crippen LogP contribution in [0.1, 0.15) is 49.5 Å². The number of rotatable bonds is 5. The summed E-state index contributed by atoms with van der Waals surface area (Å²) in [5, 5.41) is 19.9. The zero-order valence-electron chi connectivity index (χ0n) is 21.9. The van der Waals surface area contributed by atoms with Gasteiger partial charge < -0.3 is 15.5 Å². The number of nitriles is 1. The van der Waals surface area contributed by atoms with Crippen LogP contribution in [-0.2, 0) is 15.0 Å². The predicted octanol–water partition coefficient (Wildman–Crippen LogP) is 3.56. The first kappa shape index (κ1) is 26.1. The van der Waals surface area contributed by atoms with Gasteiger partial charge in [-0.25, -0.2) is 9.07 Å². The average Bonchev–Trinajstić information content (AvgIpc) is 3.60. The molecule has 1 fully saturated rings. The lowest BCUT2D eigenvalue weighted by molar-refractivity contribution is -0.134. The molecule has 2 aliphatic heterocycles. The van der Waals surface area contributed by atoms with Crippen molar-refractivity contribution in [1.29, 1.82) is 5.26 Å². The van der Waals surface area contributed by atoms with Gasteiger partial charge in [-0.2, -0.15) is 10.4 Å². The number of benzene rings is 2. The van der Waals surface area contributed by atoms with Crippen molar-refractivity contribution in [2.24, 2.45) is 5.41 Å². The maximum atomic E-state index is 13.9. The van der Waals surface area contributed by atoms with Gasteiger partial charge in [0.05, 0.1) is 28.9 Å². The second-order valence-corrected chi connectivity index (χ2v) is 11.3. The number of carbonyl (C=O) groups excluding carboxylic acids is 3. The van der Waals surface area contributed by atoms with E-state index in [1.807, 2.05) is 45.0 Å². The summed E-state index contributed by atoms with van der Waals surface area (Å²) in [5.74, 6) is -1.53. The van der Waals surface area contributed by atoms with Gasteiger partial charge in [-0.3, -0.25) is 14.4 Å². The average molecular weight is 529 g/mol. The van der Waals surface area contributed by atoms with Gasteiger partial charge in [-0.1, -0.05) is 39.0 Å². The molecule has 3 amide bonds. The van der Waals surface area contributed by atoms with Gasteiger partial charge in [0.2, 0.25) is 11.8 Å². The van der Waals surface area contributed by atoms with Gasteiger partial charge in [-0.05, 0) is 47.7 Å². The number of aromatic nitrogens is 2. The molecule has 0 unspecified atom stereocenters. The van der Waals surface area contributed by atoms with E-state index in [1.165, 1.54) is 34.1 Å². The molecule has 3 atom stereocenters. The number of anilines is 1. The third-order valence-corrected chi connectivity index (χ3v) is 7.27. The summed E-state index contributed by atoms with van der Waals surface area (Å²) in [6.07, 6.45) is 3.37. The lowest BCUT2D eigenvalue weighted by atomic mass is 9.80. The van der Waals surface area contributed by atoms with E-state index in [2.05, 4.69) is 21.8 Å². The highest BCUT2D eigenvalue weighted by atomic mass is 19.1. The largest absolute Gasteiger partial charge is 0.340 e. The lowest BCUT2D eigenvalue weighted by Gasteiger charge is -2.31. The Morgan fingerprint density at radius 3 is 2.64 bits per heavy atom. The zero-order chi connectivity index (χ0) is 27.9. The van der Waals surface area contributed by atoms with Crippen molar-refractivity contribution in [3.05, 3.63) is 77.9 Å².